The van der Waals surface area contributed by atoms with E-state index in [4.69, 9.17) is 14.7 Å². The highest BCUT2D eigenvalue weighted by Crippen LogP contribution is 2.17. The van der Waals surface area contributed by atoms with Crippen LogP contribution in [0.1, 0.15) is 23.2 Å². The van der Waals surface area contributed by atoms with Crippen LogP contribution in [0.4, 0.5) is 0 Å². The van der Waals surface area contributed by atoms with Gasteiger partial charge in [-0.1, -0.05) is 18.2 Å². The minimum absolute atomic E-state index is 0.243. The third-order valence-electron chi connectivity index (χ3n) is 2.66. The van der Waals surface area contributed by atoms with Crippen molar-refractivity contribution < 1.29 is 14.3 Å². The van der Waals surface area contributed by atoms with E-state index in [-0.39, 0.29) is 18.2 Å². The molecule has 0 aliphatic carbocycles. The second-order valence-electron chi connectivity index (χ2n) is 3.92. The van der Waals surface area contributed by atoms with Gasteiger partial charge in [-0.2, -0.15) is 5.26 Å². The first kappa shape index (κ1) is 11.6. The number of esters is 1. The van der Waals surface area contributed by atoms with E-state index in [1.54, 1.807) is 24.3 Å². The van der Waals surface area contributed by atoms with Crippen LogP contribution in [0, 0.1) is 11.3 Å². The Morgan fingerprint density at radius 2 is 2.12 bits per heavy atom. The first-order valence-corrected chi connectivity index (χ1v) is 5.57. The van der Waals surface area contributed by atoms with Gasteiger partial charge in [0.1, 0.15) is 12.2 Å². The van der Waals surface area contributed by atoms with E-state index in [9.17, 15) is 4.79 Å². The molecule has 1 aliphatic heterocycles. The lowest BCUT2D eigenvalue weighted by atomic mass is 10.1. The van der Waals surface area contributed by atoms with Gasteiger partial charge in [0.05, 0.1) is 18.2 Å². The summed E-state index contributed by atoms with van der Waals surface area (Å²) in [4.78, 5) is 11.7. The Kier molecular flexibility index (Phi) is 3.73. The lowest BCUT2D eigenvalue weighted by Gasteiger charge is -2.25. The standard InChI is InChI=1S/C13H13NO3/c14-8-11-6-7-12(9-16-11)17-13(15)10-4-2-1-3-5-10/h1-5,11-12H,6-7,9H2/t11-,12+/m1/s1. The van der Waals surface area contributed by atoms with E-state index in [2.05, 4.69) is 0 Å². The molecule has 2 atom stereocenters. The molecule has 1 aliphatic rings. The maximum Gasteiger partial charge on any atom is 0.338 e. The molecule has 1 fully saturated rings. The molecule has 4 heteroatoms. The molecule has 88 valence electrons. The Morgan fingerprint density at radius 1 is 1.35 bits per heavy atom. The molecule has 0 N–H and O–H groups in total. The van der Waals surface area contributed by atoms with Gasteiger partial charge in [0, 0.05) is 0 Å². The van der Waals surface area contributed by atoms with Crippen molar-refractivity contribution in [2.24, 2.45) is 0 Å². The molecule has 2 rings (SSSR count). The molecular weight excluding hydrogens is 218 g/mol. The molecule has 1 heterocycles. The van der Waals surface area contributed by atoms with Crippen LogP contribution in [-0.2, 0) is 9.47 Å². The van der Waals surface area contributed by atoms with Crippen LogP contribution in [-0.4, -0.2) is 24.8 Å². The summed E-state index contributed by atoms with van der Waals surface area (Å²) in [7, 11) is 0. The molecule has 0 aromatic heterocycles. The van der Waals surface area contributed by atoms with E-state index >= 15 is 0 Å². The molecule has 17 heavy (non-hydrogen) atoms. The van der Waals surface area contributed by atoms with E-state index in [0.717, 1.165) is 0 Å². The summed E-state index contributed by atoms with van der Waals surface area (Å²) in [5.41, 5.74) is 0.537. The van der Waals surface area contributed by atoms with Crippen molar-refractivity contribution in [3.63, 3.8) is 0 Å². The Bertz CT molecular complexity index is 416. The molecule has 1 aromatic rings. The van der Waals surface area contributed by atoms with Gasteiger partial charge >= 0.3 is 5.97 Å². The average Bonchev–Trinajstić information content (AvgIpc) is 2.40. The number of rotatable bonds is 2. The van der Waals surface area contributed by atoms with Gasteiger partial charge in [-0.3, -0.25) is 0 Å². The van der Waals surface area contributed by atoms with Crippen molar-refractivity contribution in [1.29, 1.82) is 5.26 Å². The van der Waals surface area contributed by atoms with Crippen LogP contribution < -0.4 is 0 Å². The third kappa shape index (κ3) is 3.05. The van der Waals surface area contributed by atoms with Gasteiger partial charge < -0.3 is 9.47 Å². The summed E-state index contributed by atoms with van der Waals surface area (Å²) in [5, 5.41) is 8.65. The van der Waals surface area contributed by atoms with Crippen LogP contribution in [0.15, 0.2) is 30.3 Å². The normalized spacial score (nSPS) is 23.7. The quantitative estimate of drug-likeness (QED) is 0.729. The average molecular weight is 231 g/mol. The number of nitriles is 1. The molecule has 0 radical (unpaired) electrons. The number of carbonyl (C=O) groups is 1. The zero-order valence-corrected chi connectivity index (χ0v) is 9.33. The van der Waals surface area contributed by atoms with Gasteiger partial charge in [0.25, 0.3) is 0 Å². The van der Waals surface area contributed by atoms with Crippen molar-refractivity contribution in [1.82, 2.24) is 0 Å². The van der Waals surface area contributed by atoms with E-state index in [1.807, 2.05) is 12.1 Å². The van der Waals surface area contributed by atoms with Gasteiger partial charge in [-0.15, -0.1) is 0 Å². The molecule has 1 saturated heterocycles. The van der Waals surface area contributed by atoms with E-state index in [0.29, 0.717) is 25.0 Å². The van der Waals surface area contributed by atoms with Gasteiger partial charge in [-0.05, 0) is 25.0 Å². The maximum atomic E-state index is 11.7. The number of hydrogen-bond acceptors (Lipinski definition) is 4. The van der Waals surface area contributed by atoms with Crippen LogP contribution in [0.5, 0.6) is 0 Å². The first-order valence-electron chi connectivity index (χ1n) is 5.57. The zero-order chi connectivity index (χ0) is 12.1. The predicted octanol–water partition coefficient (Wildman–Crippen LogP) is 1.91. The van der Waals surface area contributed by atoms with Crippen molar-refractivity contribution in [3.8, 4) is 6.07 Å². The fraction of sp³-hybridized carbons (Fsp3) is 0.385. The Balaban J connectivity index is 1.87. The SMILES string of the molecule is N#C[C@H]1CC[C@H](OC(=O)c2ccccc2)CO1. The second kappa shape index (κ2) is 5.46. The molecule has 0 bridgehead atoms. The summed E-state index contributed by atoms with van der Waals surface area (Å²) in [5.74, 6) is -0.338. The van der Waals surface area contributed by atoms with Gasteiger partial charge in [0.15, 0.2) is 0 Å². The summed E-state index contributed by atoms with van der Waals surface area (Å²) >= 11 is 0. The lowest BCUT2D eigenvalue weighted by molar-refractivity contribution is -0.0493. The monoisotopic (exact) mass is 231 g/mol. The Hall–Kier alpha value is -1.86. The van der Waals surface area contributed by atoms with Crippen LogP contribution >= 0.6 is 0 Å². The smallest absolute Gasteiger partial charge is 0.338 e. The Morgan fingerprint density at radius 3 is 2.71 bits per heavy atom. The summed E-state index contributed by atoms with van der Waals surface area (Å²) in [6, 6.07) is 10.9. The lowest BCUT2D eigenvalue weighted by Crippen LogP contribution is -2.32. The van der Waals surface area contributed by atoms with E-state index < -0.39 is 0 Å². The molecule has 0 spiro atoms. The molecule has 0 unspecified atom stereocenters. The van der Waals surface area contributed by atoms with Crippen molar-refractivity contribution >= 4 is 5.97 Å². The minimum atomic E-state index is -0.360. The molecule has 0 saturated carbocycles. The predicted molar refractivity (Wildman–Crippen MR) is 60.2 cm³/mol. The van der Waals surface area contributed by atoms with Crippen molar-refractivity contribution in [3.05, 3.63) is 35.9 Å². The largest absolute Gasteiger partial charge is 0.456 e. The van der Waals surface area contributed by atoms with Crippen molar-refractivity contribution in [2.75, 3.05) is 6.61 Å². The highest BCUT2D eigenvalue weighted by molar-refractivity contribution is 5.89. The summed E-state index contributed by atoms with van der Waals surface area (Å²) in [6.45, 7) is 0.302. The Labute approximate surface area is 99.8 Å². The van der Waals surface area contributed by atoms with Crippen LogP contribution in [0.3, 0.4) is 0 Å². The topological polar surface area (TPSA) is 59.3 Å². The van der Waals surface area contributed by atoms with E-state index in [1.165, 1.54) is 0 Å². The highest BCUT2D eigenvalue weighted by atomic mass is 16.6. The fourth-order valence-corrected chi connectivity index (χ4v) is 1.72. The molecular formula is C13H13NO3. The number of benzene rings is 1. The van der Waals surface area contributed by atoms with Crippen LogP contribution in [0.25, 0.3) is 0 Å². The van der Waals surface area contributed by atoms with Crippen molar-refractivity contribution in [2.45, 2.75) is 25.0 Å². The number of ether oxygens (including phenoxy) is 2. The summed E-state index contributed by atoms with van der Waals surface area (Å²) in [6.07, 6.45) is 0.689. The van der Waals surface area contributed by atoms with Gasteiger partial charge in [-0.25, -0.2) is 4.79 Å². The highest BCUT2D eigenvalue weighted by Gasteiger charge is 2.24. The number of hydrogen-bond donors (Lipinski definition) is 0. The first-order chi connectivity index (χ1) is 8.29. The second-order valence-corrected chi connectivity index (χ2v) is 3.92. The molecule has 1 aromatic carbocycles. The fourth-order valence-electron chi connectivity index (χ4n) is 1.72. The maximum absolute atomic E-state index is 11.7. The van der Waals surface area contributed by atoms with Crippen LogP contribution in [0.2, 0.25) is 0 Å². The molecule has 4 nitrogen and oxygen atoms in total. The zero-order valence-electron chi connectivity index (χ0n) is 9.33. The van der Waals surface area contributed by atoms with Gasteiger partial charge in [0.2, 0.25) is 0 Å². The number of carbonyl (C=O) groups excluding carboxylic acids is 1. The number of nitrogens with zero attached hydrogens (tertiary/aromatic N) is 1. The summed E-state index contributed by atoms with van der Waals surface area (Å²) < 4.78 is 10.5. The third-order valence-corrected chi connectivity index (χ3v) is 2.66. The molecule has 0 amide bonds. The minimum Gasteiger partial charge on any atom is -0.456 e.